The number of benzene rings is 3. The maximum atomic E-state index is 12.4. The van der Waals surface area contributed by atoms with Crippen LogP contribution in [0.15, 0.2) is 78.9 Å². The quantitative estimate of drug-likeness (QED) is 0.193. The number of carbonyl (C=O) groups is 2. The Bertz CT molecular complexity index is 1120. The van der Waals surface area contributed by atoms with Crippen LogP contribution in [0.4, 0.5) is 16.2 Å². The van der Waals surface area contributed by atoms with E-state index >= 15 is 0 Å². The van der Waals surface area contributed by atoms with Gasteiger partial charge in [-0.15, -0.1) is 0 Å². The number of urea groups is 1. The second-order valence-electron chi connectivity index (χ2n) is 8.88. The number of aliphatic hydroxyl groups is 2. The fraction of sp³-hybridized carbons (Fsp3) is 0.310. The van der Waals surface area contributed by atoms with Gasteiger partial charge in [0.1, 0.15) is 18.5 Å². The van der Waals surface area contributed by atoms with E-state index in [2.05, 4.69) is 21.3 Å². The number of para-hydroxylation sites is 1. The van der Waals surface area contributed by atoms with Gasteiger partial charge in [-0.1, -0.05) is 37.3 Å². The molecule has 202 valence electrons. The fourth-order valence-corrected chi connectivity index (χ4v) is 3.62. The summed E-state index contributed by atoms with van der Waals surface area (Å²) in [5.41, 5.74) is 2.68. The lowest BCUT2D eigenvalue weighted by atomic mass is 10.1. The number of hydrogen-bond donors (Lipinski definition) is 6. The summed E-state index contributed by atoms with van der Waals surface area (Å²) < 4.78 is 5.55. The van der Waals surface area contributed by atoms with Crippen LogP contribution in [-0.2, 0) is 6.42 Å². The van der Waals surface area contributed by atoms with Crippen LogP contribution in [0, 0.1) is 0 Å². The second kappa shape index (κ2) is 15.4. The van der Waals surface area contributed by atoms with Gasteiger partial charge in [-0.25, -0.2) is 4.79 Å². The molecule has 0 radical (unpaired) electrons. The van der Waals surface area contributed by atoms with Crippen LogP contribution in [0.25, 0.3) is 0 Å². The van der Waals surface area contributed by atoms with Crippen LogP contribution >= 0.6 is 0 Å². The van der Waals surface area contributed by atoms with E-state index in [-0.39, 0.29) is 31.7 Å². The molecule has 0 heterocycles. The zero-order valence-electron chi connectivity index (χ0n) is 21.5. The largest absolute Gasteiger partial charge is 0.491 e. The molecule has 0 aromatic heterocycles. The molecule has 0 unspecified atom stereocenters. The first-order valence-electron chi connectivity index (χ1n) is 12.7. The summed E-state index contributed by atoms with van der Waals surface area (Å²) in [6.07, 6.45) is 0.692. The molecule has 38 heavy (non-hydrogen) atoms. The first kappa shape index (κ1) is 28.6. The first-order valence-corrected chi connectivity index (χ1v) is 12.7. The lowest BCUT2D eigenvalue weighted by molar-refractivity contribution is 0.0953. The summed E-state index contributed by atoms with van der Waals surface area (Å²) in [6, 6.07) is 22.6. The van der Waals surface area contributed by atoms with Crippen molar-refractivity contribution in [3.63, 3.8) is 0 Å². The predicted octanol–water partition coefficient (Wildman–Crippen LogP) is 3.40. The van der Waals surface area contributed by atoms with E-state index in [9.17, 15) is 19.8 Å². The summed E-state index contributed by atoms with van der Waals surface area (Å²) in [4.78, 5) is 24.4. The van der Waals surface area contributed by atoms with E-state index in [0.29, 0.717) is 35.7 Å². The molecule has 0 aliphatic carbocycles. The van der Waals surface area contributed by atoms with Crippen LogP contribution in [0.2, 0.25) is 0 Å². The van der Waals surface area contributed by atoms with Crippen molar-refractivity contribution in [3.05, 3.63) is 90.0 Å². The van der Waals surface area contributed by atoms with Gasteiger partial charge in [0, 0.05) is 36.1 Å². The number of rotatable bonds is 14. The Morgan fingerprint density at radius 2 is 1.53 bits per heavy atom. The second-order valence-corrected chi connectivity index (χ2v) is 8.88. The van der Waals surface area contributed by atoms with Gasteiger partial charge in [0.05, 0.1) is 6.61 Å². The molecule has 3 amide bonds. The molecule has 6 N–H and O–H groups in total. The van der Waals surface area contributed by atoms with Crippen molar-refractivity contribution in [3.8, 4) is 5.75 Å². The van der Waals surface area contributed by atoms with Gasteiger partial charge in [-0.3, -0.25) is 4.79 Å². The Morgan fingerprint density at radius 1 is 0.895 bits per heavy atom. The maximum absolute atomic E-state index is 12.4. The molecule has 9 heteroatoms. The SMILES string of the molecule is CCCNC(=O)c1ccc(NC(=O)Nc2ccc(C[C@@H](CO)NC[C@H](O)COc3ccccc3)cc2)cc1. The number of nitrogens with one attached hydrogen (secondary N) is 4. The van der Waals surface area contributed by atoms with Crippen molar-refractivity contribution in [2.45, 2.75) is 31.9 Å². The van der Waals surface area contributed by atoms with Crippen molar-refractivity contribution < 1.29 is 24.5 Å². The number of carbonyl (C=O) groups excluding carboxylic acids is 2. The zero-order chi connectivity index (χ0) is 27.2. The maximum Gasteiger partial charge on any atom is 0.323 e. The summed E-state index contributed by atoms with van der Waals surface area (Å²) in [7, 11) is 0. The topological polar surface area (TPSA) is 132 Å². The van der Waals surface area contributed by atoms with Crippen molar-refractivity contribution in [2.24, 2.45) is 0 Å². The monoisotopic (exact) mass is 520 g/mol. The van der Waals surface area contributed by atoms with E-state index in [0.717, 1.165) is 12.0 Å². The number of aliphatic hydroxyl groups excluding tert-OH is 2. The predicted molar refractivity (Wildman–Crippen MR) is 149 cm³/mol. The summed E-state index contributed by atoms with van der Waals surface area (Å²) in [5, 5.41) is 31.4. The molecule has 0 aliphatic heterocycles. The van der Waals surface area contributed by atoms with Crippen LogP contribution < -0.4 is 26.0 Å². The van der Waals surface area contributed by atoms with Crippen molar-refractivity contribution >= 4 is 23.3 Å². The molecule has 3 aromatic rings. The molecule has 0 fully saturated rings. The Hall–Kier alpha value is -3.92. The van der Waals surface area contributed by atoms with E-state index in [1.54, 1.807) is 36.4 Å². The van der Waals surface area contributed by atoms with Crippen LogP contribution in [0.5, 0.6) is 5.75 Å². The third kappa shape index (κ3) is 9.85. The summed E-state index contributed by atoms with van der Waals surface area (Å²) in [5.74, 6) is 0.548. The Morgan fingerprint density at radius 3 is 2.13 bits per heavy atom. The Kier molecular flexibility index (Phi) is 11.6. The fourth-order valence-electron chi connectivity index (χ4n) is 3.62. The molecule has 0 saturated carbocycles. The summed E-state index contributed by atoms with van der Waals surface area (Å²) >= 11 is 0. The minimum absolute atomic E-state index is 0.0896. The molecule has 0 saturated heterocycles. The zero-order valence-corrected chi connectivity index (χ0v) is 21.5. The molecular weight excluding hydrogens is 484 g/mol. The molecule has 3 aromatic carbocycles. The highest BCUT2D eigenvalue weighted by molar-refractivity contribution is 6.00. The van der Waals surface area contributed by atoms with Gasteiger partial charge in [0.25, 0.3) is 5.91 Å². The van der Waals surface area contributed by atoms with Crippen molar-refractivity contribution in [1.29, 1.82) is 0 Å². The van der Waals surface area contributed by atoms with Gasteiger partial charge in [0.2, 0.25) is 0 Å². The standard InChI is InChI=1S/C29H36N4O5/c1-2-16-30-28(36)22-10-14-24(15-11-22)33-29(37)32-23-12-8-21(9-13-23)17-25(19-34)31-18-26(35)20-38-27-6-4-3-5-7-27/h3-15,25-26,31,34-35H,2,16-20H2,1H3,(H,30,36)(H2,32,33,37)/t25-,26-/m0/s1. The minimum atomic E-state index is -0.719. The average Bonchev–Trinajstić information content (AvgIpc) is 2.94. The number of anilines is 2. The highest BCUT2D eigenvalue weighted by Crippen LogP contribution is 2.14. The van der Waals surface area contributed by atoms with Gasteiger partial charge in [0.15, 0.2) is 0 Å². The lowest BCUT2D eigenvalue weighted by Crippen LogP contribution is -2.41. The number of hydrogen-bond acceptors (Lipinski definition) is 6. The Balaban J connectivity index is 1.41. The van der Waals surface area contributed by atoms with E-state index in [4.69, 9.17) is 4.74 Å². The number of amides is 3. The Labute approximate surface area is 223 Å². The molecule has 2 atom stereocenters. The number of ether oxygens (including phenoxy) is 1. The molecule has 0 aliphatic rings. The smallest absolute Gasteiger partial charge is 0.323 e. The van der Waals surface area contributed by atoms with Gasteiger partial charge < -0.3 is 36.2 Å². The van der Waals surface area contributed by atoms with Crippen LogP contribution in [0.1, 0.15) is 29.3 Å². The van der Waals surface area contributed by atoms with Gasteiger partial charge in [-0.2, -0.15) is 0 Å². The molecule has 9 nitrogen and oxygen atoms in total. The summed E-state index contributed by atoms with van der Waals surface area (Å²) in [6.45, 7) is 2.94. The van der Waals surface area contributed by atoms with Crippen LogP contribution in [-0.4, -0.2) is 60.6 Å². The molecule has 0 spiro atoms. The molecule has 3 rings (SSSR count). The molecule has 0 bridgehead atoms. The molecular formula is C29H36N4O5. The first-order chi connectivity index (χ1) is 18.5. The minimum Gasteiger partial charge on any atom is -0.491 e. The average molecular weight is 521 g/mol. The lowest BCUT2D eigenvalue weighted by Gasteiger charge is -2.19. The van der Waals surface area contributed by atoms with E-state index in [1.165, 1.54) is 0 Å². The van der Waals surface area contributed by atoms with E-state index in [1.807, 2.05) is 49.4 Å². The van der Waals surface area contributed by atoms with Gasteiger partial charge >= 0.3 is 6.03 Å². The normalized spacial score (nSPS) is 12.3. The van der Waals surface area contributed by atoms with Crippen molar-refractivity contribution in [1.82, 2.24) is 10.6 Å². The van der Waals surface area contributed by atoms with Crippen molar-refractivity contribution in [2.75, 3.05) is 36.9 Å². The van der Waals surface area contributed by atoms with Gasteiger partial charge in [-0.05, 0) is 66.9 Å². The van der Waals surface area contributed by atoms with E-state index < -0.39 is 12.1 Å². The highest BCUT2D eigenvalue weighted by Gasteiger charge is 2.12. The van der Waals surface area contributed by atoms with Crippen LogP contribution in [0.3, 0.4) is 0 Å². The third-order valence-corrected chi connectivity index (χ3v) is 5.68. The third-order valence-electron chi connectivity index (χ3n) is 5.68. The highest BCUT2D eigenvalue weighted by atomic mass is 16.5.